The molecule has 0 aliphatic rings. The zero-order chi connectivity index (χ0) is 12.7. The zero-order valence-electron chi connectivity index (χ0n) is 10.7. The van der Waals surface area contributed by atoms with E-state index in [1.54, 1.807) is 13.8 Å². The minimum Gasteiger partial charge on any atom is -0.462 e. The Balaban J connectivity index is 4.34. The fourth-order valence-corrected chi connectivity index (χ4v) is 1.26. The van der Waals surface area contributed by atoms with Gasteiger partial charge in [0, 0.05) is 7.11 Å². The third-order valence-electron chi connectivity index (χ3n) is 1.91. The minimum absolute atomic E-state index is 0.163. The lowest BCUT2D eigenvalue weighted by Crippen LogP contribution is -2.46. The second kappa shape index (κ2) is 7.60. The van der Waals surface area contributed by atoms with Crippen molar-refractivity contribution in [2.75, 3.05) is 7.11 Å². The van der Waals surface area contributed by atoms with E-state index in [0.717, 1.165) is 0 Å². The van der Waals surface area contributed by atoms with Gasteiger partial charge in [0.05, 0.1) is 6.10 Å². The lowest BCUT2D eigenvalue weighted by Gasteiger charge is -2.22. The summed E-state index contributed by atoms with van der Waals surface area (Å²) in [4.78, 5) is 11.7. The first-order valence-corrected chi connectivity index (χ1v) is 5.54. The molecule has 0 aromatic heterocycles. The molecule has 2 N–H and O–H groups in total. The van der Waals surface area contributed by atoms with E-state index < -0.39 is 12.5 Å². The van der Waals surface area contributed by atoms with Gasteiger partial charge in [0.2, 0.25) is 6.41 Å². The molecule has 0 aliphatic carbocycles. The lowest BCUT2D eigenvalue weighted by molar-refractivity contribution is -0.157. The Morgan fingerprint density at radius 2 is 1.88 bits per heavy atom. The van der Waals surface area contributed by atoms with Gasteiger partial charge in [-0.25, -0.2) is 0 Å². The van der Waals surface area contributed by atoms with E-state index in [1.807, 2.05) is 13.8 Å². The Kier molecular flexibility index (Phi) is 7.29. The molecule has 0 amide bonds. The fourth-order valence-electron chi connectivity index (χ4n) is 1.26. The van der Waals surface area contributed by atoms with Crippen LogP contribution in [-0.4, -0.2) is 36.7 Å². The number of methoxy groups -OCH3 is 1. The molecule has 0 aromatic rings. The maximum Gasteiger partial charge on any atom is 0.323 e. The first-order chi connectivity index (χ1) is 7.36. The zero-order valence-corrected chi connectivity index (χ0v) is 10.7. The molecule has 0 saturated carbocycles. The van der Waals surface area contributed by atoms with E-state index in [-0.39, 0.29) is 12.1 Å². The van der Waals surface area contributed by atoms with Gasteiger partial charge < -0.3 is 14.6 Å². The molecule has 0 radical (unpaired) electrons. The van der Waals surface area contributed by atoms with Crippen molar-refractivity contribution in [2.24, 2.45) is 5.92 Å². The van der Waals surface area contributed by atoms with Crippen molar-refractivity contribution in [1.29, 1.82) is 0 Å². The molecule has 0 fully saturated rings. The summed E-state index contributed by atoms with van der Waals surface area (Å²) in [5, 5.41) is 11.9. The highest BCUT2D eigenvalue weighted by Gasteiger charge is 2.24. The van der Waals surface area contributed by atoms with Crippen LogP contribution in [0.25, 0.3) is 0 Å². The quantitative estimate of drug-likeness (QED) is 0.504. The van der Waals surface area contributed by atoms with Gasteiger partial charge in [-0.15, -0.1) is 0 Å². The van der Waals surface area contributed by atoms with Gasteiger partial charge in [-0.2, -0.15) is 0 Å². The van der Waals surface area contributed by atoms with E-state index >= 15 is 0 Å². The van der Waals surface area contributed by atoms with Gasteiger partial charge in [-0.3, -0.25) is 10.1 Å². The molecule has 0 heterocycles. The summed E-state index contributed by atoms with van der Waals surface area (Å²) in [5.74, 6) is -0.0407. The van der Waals surface area contributed by atoms with Crippen LogP contribution in [0.2, 0.25) is 0 Å². The second-order valence-electron chi connectivity index (χ2n) is 4.42. The lowest BCUT2D eigenvalue weighted by atomic mass is 10.0. The largest absolute Gasteiger partial charge is 0.462 e. The molecule has 0 saturated heterocycles. The summed E-state index contributed by atoms with van der Waals surface area (Å²) in [7, 11) is 1.36. The molecule has 0 aliphatic heterocycles. The minimum atomic E-state index is -1.15. The summed E-state index contributed by atoms with van der Waals surface area (Å²) in [6.07, 6.45) is -0.724. The van der Waals surface area contributed by atoms with Crippen LogP contribution in [0.1, 0.15) is 34.1 Å². The van der Waals surface area contributed by atoms with Gasteiger partial charge in [-0.1, -0.05) is 13.8 Å². The first-order valence-electron chi connectivity index (χ1n) is 5.54. The molecule has 5 nitrogen and oxygen atoms in total. The third kappa shape index (κ3) is 6.76. The first kappa shape index (κ1) is 15.3. The average Bonchev–Trinajstić information content (AvgIpc) is 2.14. The van der Waals surface area contributed by atoms with E-state index in [2.05, 4.69) is 10.1 Å². The number of esters is 1. The van der Waals surface area contributed by atoms with Crippen LogP contribution >= 0.6 is 0 Å². The molecule has 1 unspecified atom stereocenters. The monoisotopic (exact) mass is 233 g/mol. The van der Waals surface area contributed by atoms with Crippen LogP contribution in [0.3, 0.4) is 0 Å². The van der Waals surface area contributed by atoms with Crippen molar-refractivity contribution in [3.63, 3.8) is 0 Å². The molecule has 16 heavy (non-hydrogen) atoms. The summed E-state index contributed by atoms with van der Waals surface area (Å²) in [6, 6.07) is -0.544. The number of rotatable bonds is 7. The maximum absolute atomic E-state index is 11.7. The smallest absolute Gasteiger partial charge is 0.323 e. The number of hydrogen-bond donors (Lipinski definition) is 2. The number of carbonyl (C=O) groups is 1. The second-order valence-corrected chi connectivity index (χ2v) is 4.42. The molecule has 96 valence electrons. The van der Waals surface area contributed by atoms with Crippen LogP contribution < -0.4 is 5.32 Å². The number of hydrogen-bond acceptors (Lipinski definition) is 5. The van der Waals surface area contributed by atoms with Crippen molar-refractivity contribution in [1.82, 2.24) is 5.32 Å². The summed E-state index contributed by atoms with van der Waals surface area (Å²) in [6.45, 7) is 7.57. The van der Waals surface area contributed by atoms with Crippen molar-refractivity contribution in [3.8, 4) is 0 Å². The number of aliphatic hydroxyl groups excluding tert-OH is 1. The Hall–Kier alpha value is -0.650. The SMILES string of the molecule is COC(O)N[C@H](CC(C)C)C(=O)OC(C)C. The summed E-state index contributed by atoms with van der Waals surface area (Å²) in [5.41, 5.74) is 0. The van der Waals surface area contributed by atoms with Crippen LogP contribution in [0.5, 0.6) is 0 Å². The highest BCUT2D eigenvalue weighted by molar-refractivity contribution is 5.75. The number of nitrogens with one attached hydrogen (secondary N) is 1. The van der Waals surface area contributed by atoms with Crippen LogP contribution in [0.4, 0.5) is 0 Å². The van der Waals surface area contributed by atoms with Crippen LogP contribution in [0, 0.1) is 5.92 Å². The Morgan fingerprint density at radius 3 is 2.25 bits per heavy atom. The Morgan fingerprint density at radius 1 is 1.31 bits per heavy atom. The van der Waals surface area contributed by atoms with Crippen molar-refractivity contribution in [3.05, 3.63) is 0 Å². The highest BCUT2D eigenvalue weighted by atomic mass is 16.6. The van der Waals surface area contributed by atoms with Gasteiger partial charge in [0.25, 0.3) is 0 Å². The van der Waals surface area contributed by atoms with Crippen molar-refractivity contribution in [2.45, 2.75) is 52.7 Å². The van der Waals surface area contributed by atoms with Crippen LogP contribution in [-0.2, 0) is 14.3 Å². The molecule has 0 aromatic carbocycles. The molecule has 5 heteroatoms. The topological polar surface area (TPSA) is 67.8 Å². The molecule has 0 bridgehead atoms. The molecular weight excluding hydrogens is 210 g/mol. The maximum atomic E-state index is 11.7. The van der Waals surface area contributed by atoms with Crippen molar-refractivity contribution < 1.29 is 19.4 Å². The normalized spacial score (nSPS) is 15.2. The van der Waals surface area contributed by atoms with E-state index in [0.29, 0.717) is 12.3 Å². The van der Waals surface area contributed by atoms with Gasteiger partial charge in [0.15, 0.2) is 0 Å². The van der Waals surface area contributed by atoms with E-state index in [9.17, 15) is 9.90 Å². The Bertz CT molecular complexity index is 206. The third-order valence-corrected chi connectivity index (χ3v) is 1.91. The summed E-state index contributed by atoms with van der Waals surface area (Å²) < 4.78 is 9.74. The van der Waals surface area contributed by atoms with Gasteiger partial charge in [-0.05, 0) is 26.2 Å². The molecule has 0 rings (SSSR count). The summed E-state index contributed by atoms with van der Waals surface area (Å²) >= 11 is 0. The predicted molar refractivity (Wildman–Crippen MR) is 60.6 cm³/mol. The number of carbonyl (C=O) groups excluding carboxylic acids is 1. The van der Waals surface area contributed by atoms with Crippen LogP contribution in [0.15, 0.2) is 0 Å². The average molecular weight is 233 g/mol. The van der Waals surface area contributed by atoms with Crippen molar-refractivity contribution >= 4 is 5.97 Å². The fraction of sp³-hybridized carbons (Fsp3) is 0.909. The molecular formula is C11H23NO4. The molecule has 0 spiro atoms. The Labute approximate surface area is 97.1 Å². The molecule has 2 atom stereocenters. The standard InChI is InChI=1S/C11H23NO4/c1-7(2)6-9(12-11(14)15-5)10(13)16-8(3)4/h7-9,11-12,14H,6H2,1-5H3/t9-,11?/m1/s1. The highest BCUT2D eigenvalue weighted by Crippen LogP contribution is 2.08. The number of ether oxygens (including phenoxy) is 2. The van der Waals surface area contributed by atoms with E-state index in [4.69, 9.17) is 4.74 Å². The van der Waals surface area contributed by atoms with Gasteiger partial charge in [0.1, 0.15) is 6.04 Å². The van der Waals surface area contributed by atoms with E-state index in [1.165, 1.54) is 7.11 Å². The predicted octanol–water partition coefficient (Wildman–Crippen LogP) is 0.865. The number of aliphatic hydroxyl groups is 1. The van der Waals surface area contributed by atoms with Gasteiger partial charge >= 0.3 is 5.97 Å².